The summed E-state index contributed by atoms with van der Waals surface area (Å²) in [5.74, 6) is 0.189. The van der Waals surface area contributed by atoms with Gasteiger partial charge in [-0.15, -0.1) is 0 Å². The predicted molar refractivity (Wildman–Crippen MR) is 73.0 cm³/mol. The molecule has 1 fully saturated rings. The molecule has 0 unspecified atom stereocenters. The zero-order chi connectivity index (χ0) is 14.0. The van der Waals surface area contributed by atoms with Gasteiger partial charge in [-0.05, 0) is 37.1 Å². The summed E-state index contributed by atoms with van der Waals surface area (Å²) in [6.45, 7) is 2.31. The normalized spacial score (nSPS) is 17.3. The maximum Gasteiger partial charge on any atom is 0.411 e. The van der Waals surface area contributed by atoms with Crippen LogP contribution < -0.4 is 9.62 Å². The number of nitrogens with one attached hydrogen (secondary N) is 1. The third kappa shape index (κ3) is 2.81. The molecule has 0 aromatic heterocycles. The molecule has 0 aliphatic carbocycles. The summed E-state index contributed by atoms with van der Waals surface area (Å²) in [4.78, 5) is 11.1. The van der Waals surface area contributed by atoms with Gasteiger partial charge < -0.3 is 4.74 Å². The SMILES string of the molecule is COC(=O)Nc1ccc(N2CCCS2(=O)=O)cc1C. The number of methoxy groups -OCH3 is 1. The summed E-state index contributed by atoms with van der Waals surface area (Å²) in [6, 6.07) is 5.10. The third-order valence-corrected chi connectivity index (χ3v) is 4.89. The molecule has 1 heterocycles. The van der Waals surface area contributed by atoms with Gasteiger partial charge in [-0.3, -0.25) is 9.62 Å². The molecule has 0 spiro atoms. The quantitative estimate of drug-likeness (QED) is 0.897. The number of amides is 1. The van der Waals surface area contributed by atoms with Crippen molar-refractivity contribution in [3.05, 3.63) is 23.8 Å². The highest BCUT2D eigenvalue weighted by Crippen LogP contribution is 2.27. The summed E-state index contributed by atoms with van der Waals surface area (Å²) in [6.07, 6.45) is 0.0911. The fourth-order valence-corrected chi connectivity index (χ4v) is 3.59. The van der Waals surface area contributed by atoms with E-state index in [0.717, 1.165) is 5.56 Å². The molecule has 0 saturated carbocycles. The van der Waals surface area contributed by atoms with Crippen LogP contribution in [0.3, 0.4) is 0 Å². The van der Waals surface area contributed by atoms with Gasteiger partial charge in [0.05, 0.1) is 18.6 Å². The zero-order valence-corrected chi connectivity index (χ0v) is 11.7. The van der Waals surface area contributed by atoms with Gasteiger partial charge in [-0.25, -0.2) is 13.2 Å². The number of benzene rings is 1. The van der Waals surface area contributed by atoms with Crippen molar-refractivity contribution in [2.24, 2.45) is 0 Å². The summed E-state index contributed by atoms with van der Waals surface area (Å²) in [5.41, 5.74) is 2.02. The Morgan fingerprint density at radius 3 is 2.68 bits per heavy atom. The molecule has 1 aliphatic heterocycles. The monoisotopic (exact) mass is 284 g/mol. The van der Waals surface area contributed by atoms with Crippen LogP contribution >= 0.6 is 0 Å². The molecule has 1 amide bonds. The molecule has 2 rings (SSSR count). The van der Waals surface area contributed by atoms with E-state index in [2.05, 4.69) is 10.1 Å². The number of aryl methyl sites for hydroxylation is 1. The Balaban J connectivity index is 2.26. The lowest BCUT2D eigenvalue weighted by molar-refractivity contribution is 0.187. The Morgan fingerprint density at radius 1 is 1.42 bits per heavy atom. The van der Waals surface area contributed by atoms with E-state index in [0.29, 0.717) is 24.3 Å². The van der Waals surface area contributed by atoms with Crippen molar-refractivity contribution in [1.82, 2.24) is 0 Å². The second-order valence-electron chi connectivity index (χ2n) is 4.36. The lowest BCUT2D eigenvalue weighted by Gasteiger charge is -2.18. The standard InChI is InChI=1S/C12H16N2O4S/c1-9-8-10(14-6-3-7-19(14,16)17)4-5-11(9)13-12(15)18-2/h4-5,8H,3,6-7H2,1-2H3,(H,13,15). The van der Waals surface area contributed by atoms with E-state index in [-0.39, 0.29) is 5.75 Å². The van der Waals surface area contributed by atoms with Crippen molar-refractivity contribution in [2.45, 2.75) is 13.3 Å². The Labute approximate surface area is 112 Å². The second kappa shape index (κ2) is 5.08. The molecular formula is C12H16N2O4S. The van der Waals surface area contributed by atoms with Crippen LogP contribution in [0.5, 0.6) is 0 Å². The van der Waals surface area contributed by atoms with Crippen molar-refractivity contribution < 1.29 is 17.9 Å². The number of rotatable bonds is 2. The lowest BCUT2D eigenvalue weighted by Crippen LogP contribution is -2.25. The van der Waals surface area contributed by atoms with Gasteiger partial charge >= 0.3 is 6.09 Å². The van der Waals surface area contributed by atoms with Crippen molar-refractivity contribution in [3.63, 3.8) is 0 Å². The molecule has 0 atom stereocenters. The van der Waals surface area contributed by atoms with E-state index < -0.39 is 16.1 Å². The molecule has 19 heavy (non-hydrogen) atoms. The van der Waals surface area contributed by atoms with Crippen LogP contribution in [0.4, 0.5) is 16.2 Å². The summed E-state index contributed by atoms with van der Waals surface area (Å²) >= 11 is 0. The predicted octanol–water partition coefficient (Wildman–Crippen LogP) is 1.71. The van der Waals surface area contributed by atoms with Crippen LogP contribution in [0, 0.1) is 6.92 Å². The second-order valence-corrected chi connectivity index (χ2v) is 6.37. The van der Waals surface area contributed by atoms with Crippen LogP contribution in [-0.4, -0.2) is 33.9 Å². The molecule has 1 aliphatic rings. The van der Waals surface area contributed by atoms with Crippen molar-refractivity contribution in [3.8, 4) is 0 Å². The van der Waals surface area contributed by atoms with Crippen molar-refractivity contribution in [2.75, 3.05) is 29.0 Å². The average molecular weight is 284 g/mol. The molecule has 6 nitrogen and oxygen atoms in total. The number of hydrogen-bond acceptors (Lipinski definition) is 4. The minimum Gasteiger partial charge on any atom is -0.453 e. The van der Waals surface area contributed by atoms with Gasteiger partial charge in [-0.2, -0.15) is 0 Å². The van der Waals surface area contributed by atoms with Gasteiger partial charge in [0.1, 0.15) is 0 Å². The molecule has 7 heteroatoms. The highest BCUT2D eigenvalue weighted by atomic mass is 32.2. The van der Waals surface area contributed by atoms with E-state index >= 15 is 0 Å². The first-order valence-electron chi connectivity index (χ1n) is 5.90. The minimum atomic E-state index is -3.18. The Bertz CT molecular complexity index is 598. The van der Waals surface area contributed by atoms with E-state index in [9.17, 15) is 13.2 Å². The van der Waals surface area contributed by atoms with Crippen LogP contribution in [0.2, 0.25) is 0 Å². The van der Waals surface area contributed by atoms with Gasteiger partial charge in [0.15, 0.2) is 0 Å². The summed E-state index contributed by atoms with van der Waals surface area (Å²) in [5, 5.41) is 2.57. The third-order valence-electron chi connectivity index (χ3n) is 3.02. The van der Waals surface area contributed by atoms with Gasteiger partial charge in [-0.1, -0.05) is 0 Å². The molecule has 1 aromatic rings. The number of carbonyl (C=O) groups is 1. The molecular weight excluding hydrogens is 268 g/mol. The summed E-state index contributed by atoms with van der Waals surface area (Å²) < 4.78 is 29.6. The summed E-state index contributed by atoms with van der Waals surface area (Å²) in [7, 11) is -1.89. The first-order chi connectivity index (χ1) is 8.94. The van der Waals surface area contributed by atoms with E-state index in [1.165, 1.54) is 11.4 Å². The van der Waals surface area contributed by atoms with Crippen LogP contribution in [0.25, 0.3) is 0 Å². The molecule has 1 N–H and O–H groups in total. The van der Waals surface area contributed by atoms with Crippen LogP contribution in [0.1, 0.15) is 12.0 Å². The molecule has 1 saturated heterocycles. The topological polar surface area (TPSA) is 75.7 Å². The molecule has 104 valence electrons. The van der Waals surface area contributed by atoms with E-state index in [4.69, 9.17) is 0 Å². The molecule has 0 radical (unpaired) electrons. The first kappa shape index (κ1) is 13.7. The maximum absolute atomic E-state index is 11.8. The van der Waals surface area contributed by atoms with Gasteiger partial charge in [0.25, 0.3) is 0 Å². The zero-order valence-electron chi connectivity index (χ0n) is 10.8. The molecule has 0 bridgehead atoms. The Kier molecular flexibility index (Phi) is 3.66. The molecule has 1 aromatic carbocycles. The fraction of sp³-hybridized carbons (Fsp3) is 0.417. The highest BCUT2D eigenvalue weighted by Gasteiger charge is 2.28. The highest BCUT2D eigenvalue weighted by molar-refractivity contribution is 7.93. The number of sulfonamides is 1. The van der Waals surface area contributed by atoms with Crippen molar-refractivity contribution >= 4 is 27.5 Å². The van der Waals surface area contributed by atoms with Gasteiger partial charge in [0.2, 0.25) is 10.0 Å². The Morgan fingerprint density at radius 2 is 2.16 bits per heavy atom. The Hall–Kier alpha value is -1.76. The van der Waals surface area contributed by atoms with Gasteiger partial charge in [0, 0.05) is 12.2 Å². The van der Waals surface area contributed by atoms with E-state index in [1.807, 2.05) is 0 Å². The maximum atomic E-state index is 11.8. The largest absolute Gasteiger partial charge is 0.453 e. The van der Waals surface area contributed by atoms with E-state index in [1.54, 1.807) is 25.1 Å². The average Bonchev–Trinajstić information content (AvgIpc) is 2.71. The van der Waals surface area contributed by atoms with Crippen LogP contribution in [-0.2, 0) is 14.8 Å². The van der Waals surface area contributed by atoms with Crippen LogP contribution in [0.15, 0.2) is 18.2 Å². The lowest BCUT2D eigenvalue weighted by atomic mass is 10.2. The minimum absolute atomic E-state index is 0.189. The first-order valence-corrected chi connectivity index (χ1v) is 7.51. The number of anilines is 2. The van der Waals surface area contributed by atoms with Crippen molar-refractivity contribution in [1.29, 1.82) is 0 Å². The number of hydrogen-bond donors (Lipinski definition) is 1. The number of carbonyl (C=O) groups excluding carboxylic acids is 1. The fourth-order valence-electron chi connectivity index (χ4n) is 2.03. The smallest absolute Gasteiger partial charge is 0.411 e. The number of nitrogens with zero attached hydrogens (tertiary/aromatic N) is 1. The number of ether oxygens (including phenoxy) is 1.